The van der Waals surface area contributed by atoms with Crippen molar-refractivity contribution in [2.45, 2.75) is 6.42 Å². The highest BCUT2D eigenvalue weighted by Gasteiger charge is 2.09. The number of carbonyl (C=O) groups is 1. The van der Waals surface area contributed by atoms with E-state index in [1.54, 1.807) is 23.6 Å². The van der Waals surface area contributed by atoms with E-state index in [4.69, 9.17) is 5.11 Å². The van der Waals surface area contributed by atoms with Gasteiger partial charge in [-0.2, -0.15) is 11.3 Å². The third-order valence-electron chi connectivity index (χ3n) is 2.65. The number of thiophene rings is 1. The molecule has 2 N–H and O–H groups in total. The first kappa shape index (κ1) is 14.3. The van der Waals surface area contributed by atoms with Crippen LogP contribution in [0, 0.1) is 11.8 Å². The van der Waals surface area contributed by atoms with E-state index in [2.05, 4.69) is 27.5 Å². The van der Waals surface area contributed by atoms with Gasteiger partial charge in [0.05, 0.1) is 11.1 Å². The largest absolute Gasteiger partial charge is 0.384 e. The molecule has 0 aliphatic carbocycles. The second kappa shape index (κ2) is 7.43. The summed E-state index contributed by atoms with van der Waals surface area (Å²) in [6.45, 7) is 0.332. The summed E-state index contributed by atoms with van der Waals surface area (Å²) in [5.41, 5.74) is 2.21. The minimum Gasteiger partial charge on any atom is -0.384 e. The molecule has 2 heterocycles. The second-order valence-corrected chi connectivity index (χ2v) is 4.80. The molecule has 0 radical (unpaired) electrons. The van der Waals surface area contributed by atoms with Crippen molar-refractivity contribution < 1.29 is 9.90 Å². The SMILES string of the molecule is O=C(NCCc1ccsc1)c1ccncc1C#CCO. The predicted octanol–water partition coefficient (Wildman–Crippen LogP) is 1.46. The number of nitrogens with zero attached hydrogens (tertiary/aromatic N) is 1. The van der Waals surface area contributed by atoms with Crippen LogP contribution in [0.1, 0.15) is 21.5 Å². The molecule has 2 rings (SSSR count). The Morgan fingerprint density at radius 2 is 2.35 bits per heavy atom. The van der Waals surface area contributed by atoms with Crippen molar-refractivity contribution in [1.82, 2.24) is 10.3 Å². The summed E-state index contributed by atoms with van der Waals surface area (Å²) in [6.07, 6.45) is 3.88. The maximum absolute atomic E-state index is 12.1. The molecule has 0 spiro atoms. The standard InChI is InChI=1S/C15H14N2O2S/c18-8-1-2-13-10-16-6-4-14(13)15(19)17-7-3-12-5-9-20-11-12/h4-6,9-11,18H,3,7-8H2,(H,17,19). The highest BCUT2D eigenvalue weighted by atomic mass is 32.1. The van der Waals surface area contributed by atoms with Gasteiger partial charge in [-0.3, -0.25) is 9.78 Å². The second-order valence-electron chi connectivity index (χ2n) is 4.02. The first-order valence-electron chi connectivity index (χ1n) is 6.14. The maximum atomic E-state index is 12.1. The van der Waals surface area contributed by atoms with Gasteiger partial charge in [0.15, 0.2) is 0 Å². The molecule has 2 aromatic rings. The zero-order valence-corrected chi connectivity index (χ0v) is 11.6. The lowest BCUT2D eigenvalue weighted by Crippen LogP contribution is -2.26. The molecule has 102 valence electrons. The first-order valence-corrected chi connectivity index (χ1v) is 7.08. The van der Waals surface area contributed by atoms with Crippen LogP contribution in [0.4, 0.5) is 0 Å². The fourth-order valence-electron chi connectivity index (χ4n) is 1.68. The lowest BCUT2D eigenvalue weighted by molar-refractivity contribution is 0.0954. The Kier molecular flexibility index (Phi) is 5.30. The van der Waals surface area contributed by atoms with Crippen molar-refractivity contribution in [2.75, 3.05) is 13.2 Å². The van der Waals surface area contributed by atoms with Crippen LogP contribution in [-0.2, 0) is 6.42 Å². The molecule has 0 unspecified atom stereocenters. The van der Waals surface area contributed by atoms with Gasteiger partial charge in [0, 0.05) is 18.9 Å². The van der Waals surface area contributed by atoms with Crippen molar-refractivity contribution in [3.8, 4) is 11.8 Å². The molecule has 2 aromatic heterocycles. The van der Waals surface area contributed by atoms with Crippen LogP contribution in [0.5, 0.6) is 0 Å². The topological polar surface area (TPSA) is 62.2 Å². The Morgan fingerprint density at radius 3 is 3.10 bits per heavy atom. The molecule has 0 saturated heterocycles. The van der Waals surface area contributed by atoms with Gasteiger partial charge in [-0.05, 0) is 34.9 Å². The third-order valence-corrected chi connectivity index (χ3v) is 3.38. The Morgan fingerprint density at radius 1 is 1.45 bits per heavy atom. The molecule has 20 heavy (non-hydrogen) atoms. The van der Waals surface area contributed by atoms with Crippen LogP contribution in [0.25, 0.3) is 0 Å². The molecule has 4 nitrogen and oxygen atoms in total. The molecule has 0 bridgehead atoms. The molecule has 0 fully saturated rings. The van der Waals surface area contributed by atoms with E-state index in [0.29, 0.717) is 17.7 Å². The van der Waals surface area contributed by atoms with Gasteiger partial charge in [0.2, 0.25) is 0 Å². The molecular weight excluding hydrogens is 272 g/mol. The van der Waals surface area contributed by atoms with Gasteiger partial charge in [-0.15, -0.1) is 0 Å². The lowest BCUT2D eigenvalue weighted by atomic mass is 10.1. The number of nitrogens with one attached hydrogen (secondary N) is 1. The van der Waals surface area contributed by atoms with Gasteiger partial charge in [-0.25, -0.2) is 0 Å². The van der Waals surface area contributed by atoms with Crippen LogP contribution in [0.15, 0.2) is 35.3 Å². The van der Waals surface area contributed by atoms with Crippen LogP contribution in [0.3, 0.4) is 0 Å². The number of hydrogen-bond donors (Lipinski definition) is 2. The lowest BCUT2D eigenvalue weighted by Gasteiger charge is -2.06. The molecule has 1 amide bonds. The Labute approximate surface area is 121 Å². The van der Waals surface area contributed by atoms with E-state index in [1.165, 1.54) is 11.8 Å². The number of aliphatic hydroxyl groups excluding tert-OH is 1. The normalized spacial score (nSPS) is 9.65. The summed E-state index contributed by atoms with van der Waals surface area (Å²) in [5.74, 6) is 5.08. The molecule has 0 atom stereocenters. The van der Waals surface area contributed by atoms with Crippen LogP contribution < -0.4 is 5.32 Å². The minimum atomic E-state index is -0.242. The van der Waals surface area contributed by atoms with Crippen molar-refractivity contribution in [2.24, 2.45) is 0 Å². The quantitative estimate of drug-likeness (QED) is 0.837. The number of aromatic nitrogens is 1. The van der Waals surface area contributed by atoms with Gasteiger partial charge in [0.1, 0.15) is 6.61 Å². The summed E-state index contributed by atoms with van der Waals surface area (Å²) in [6, 6.07) is 3.67. The van der Waals surface area contributed by atoms with Gasteiger partial charge in [-0.1, -0.05) is 11.8 Å². The van der Waals surface area contributed by atoms with E-state index in [-0.39, 0.29) is 12.5 Å². The summed E-state index contributed by atoms with van der Waals surface area (Å²) in [7, 11) is 0. The Hall–Kier alpha value is -2.16. The van der Waals surface area contributed by atoms with Crippen molar-refractivity contribution in [1.29, 1.82) is 0 Å². The minimum absolute atomic E-state index is 0.176. The number of carbonyl (C=O) groups excluding carboxylic acids is 1. The van der Waals surface area contributed by atoms with Gasteiger partial charge < -0.3 is 10.4 Å². The number of amides is 1. The average Bonchev–Trinajstić information content (AvgIpc) is 2.98. The number of aliphatic hydroxyl groups is 1. The van der Waals surface area contributed by atoms with Crippen LogP contribution in [-0.4, -0.2) is 29.1 Å². The summed E-state index contributed by atoms with van der Waals surface area (Å²) in [5, 5.41) is 15.7. The van der Waals surface area contributed by atoms with E-state index >= 15 is 0 Å². The predicted molar refractivity (Wildman–Crippen MR) is 78.6 cm³/mol. The van der Waals surface area contributed by atoms with E-state index in [0.717, 1.165) is 6.42 Å². The number of hydrogen-bond acceptors (Lipinski definition) is 4. The zero-order chi connectivity index (χ0) is 14.2. The maximum Gasteiger partial charge on any atom is 0.252 e. The monoisotopic (exact) mass is 286 g/mol. The van der Waals surface area contributed by atoms with Crippen molar-refractivity contribution in [3.05, 3.63) is 52.0 Å². The average molecular weight is 286 g/mol. The van der Waals surface area contributed by atoms with Crippen LogP contribution in [0.2, 0.25) is 0 Å². The molecule has 0 aliphatic heterocycles. The number of rotatable bonds is 4. The Balaban J connectivity index is 1.98. The smallest absolute Gasteiger partial charge is 0.252 e. The summed E-state index contributed by atoms with van der Waals surface area (Å²) in [4.78, 5) is 16.0. The fraction of sp³-hybridized carbons (Fsp3) is 0.200. The third kappa shape index (κ3) is 3.92. The van der Waals surface area contributed by atoms with Crippen molar-refractivity contribution >= 4 is 17.2 Å². The van der Waals surface area contributed by atoms with E-state index < -0.39 is 0 Å². The van der Waals surface area contributed by atoms with E-state index in [9.17, 15) is 4.79 Å². The van der Waals surface area contributed by atoms with Crippen molar-refractivity contribution in [3.63, 3.8) is 0 Å². The fourth-order valence-corrected chi connectivity index (χ4v) is 2.38. The highest BCUT2D eigenvalue weighted by molar-refractivity contribution is 7.07. The van der Waals surface area contributed by atoms with Gasteiger partial charge >= 0.3 is 0 Å². The van der Waals surface area contributed by atoms with Gasteiger partial charge in [0.25, 0.3) is 5.91 Å². The molecular formula is C15H14N2O2S. The number of pyridine rings is 1. The zero-order valence-electron chi connectivity index (χ0n) is 10.8. The Bertz CT molecular complexity index is 627. The van der Waals surface area contributed by atoms with E-state index in [1.807, 2.05) is 11.4 Å². The molecule has 0 aliphatic rings. The van der Waals surface area contributed by atoms with Crippen LogP contribution >= 0.6 is 11.3 Å². The molecule has 0 aromatic carbocycles. The first-order chi connectivity index (χ1) is 9.81. The summed E-state index contributed by atoms with van der Waals surface area (Å²) < 4.78 is 0. The summed E-state index contributed by atoms with van der Waals surface area (Å²) >= 11 is 1.64. The highest BCUT2D eigenvalue weighted by Crippen LogP contribution is 2.07. The molecule has 0 saturated carbocycles. The molecule has 5 heteroatoms.